The smallest absolute Gasteiger partial charge is 0.416 e. The van der Waals surface area contributed by atoms with Gasteiger partial charge in [0, 0.05) is 18.5 Å². The number of benzene rings is 3. The Morgan fingerprint density at radius 1 is 1.09 bits per heavy atom. The summed E-state index contributed by atoms with van der Waals surface area (Å²) in [4.78, 5) is 20.2. The molecule has 0 fully saturated rings. The SMILES string of the molecule is COc1ccc(C2=NO[C@H](CN(Cc3ccc(C(F)(F)F)cc3)C(=O)c3cccc(F)c3)C2)cc1. The van der Waals surface area contributed by atoms with Crippen LogP contribution in [0.2, 0.25) is 0 Å². The number of ether oxygens (including phenoxy) is 1. The normalized spacial score (nSPS) is 15.3. The first kappa shape index (κ1) is 24.3. The zero-order valence-corrected chi connectivity index (χ0v) is 18.8. The van der Waals surface area contributed by atoms with E-state index in [1.165, 1.54) is 35.2 Å². The van der Waals surface area contributed by atoms with Crippen LogP contribution in [0.25, 0.3) is 0 Å². The van der Waals surface area contributed by atoms with E-state index in [-0.39, 0.29) is 18.7 Å². The third-order valence-corrected chi connectivity index (χ3v) is 5.59. The lowest BCUT2D eigenvalue weighted by molar-refractivity contribution is -0.137. The van der Waals surface area contributed by atoms with Gasteiger partial charge >= 0.3 is 6.18 Å². The van der Waals surface area contributed by atoms with Crippen molar-refractivity contribution in [3.63, 3.8) is 0 Å². The van der Waals surface area contributed by atoms with Gasteiger partial charge in [-0.3, -0.25) is 4.79 Å². The molecule has 1 heterocycles. The Hall–Kier alpha value is -3.88. The average molecular weight is 486 g/mol. The van der Waals surface area contributed by atoms with Gasteiger partial charge in [0.05, 0.1) is 24.9 Å². The summed E-state index contributed by atoms with van der Waals surface area (Å²) in [6, 6.07) is 17.1. The van der Waals surface area contributed by atoms with Gasteiger partial charge in [-0.1, -0.05) is 23.4 Å². The summed E-state index contributed by atoms with van der Waals surface area (Å²) in [5, 5.41) is 4.14. The van der Waals surface area contributed by atoms with Crippen molar-refractivity contribution in [3.8, 4) is 5.75 Å². The number of amides is 1. The topological polar surface area (TPSA) is 51.1 Å². The lowest BCUT2D eigenvalue weighted by atomic mass is 10.0. The van der Waals surface area contributed by atoms with Crippen molar-refractivity contribution < 1.29 is 31.9 Å². The van der Waals surface area contributed by atoms with Crippen LogP contribution in [0.3, 0.4) is 0 Å². The first-order valence-corrected chi connectivity index (χ1v) is 10.8. The zero-order chi connectivity index (χ0) is 25.0. The molecule has 1 amide bonds. The number of methoxy groups -OCH3 is 1. The van der Waals surface area contributed by atoms with Gasteiger partial charge in [-0.2, -0.15) is 13.2 Å². The summed E-state index contributed by atoms with van der Waals surface area (Å²) in [6.07, 6.45) is -4.51. The van der Waals surface area contributed by atoms with Gasteiger partial charge in [0.2, 0.25) is 0 Å². The number of halogens is 4. The number of alkyl halides is 3. The predicted octanol–water partition coefficient (Wildman–Crippen LogP) is 5.69. The van der Waals surface area contributed by atoms with E-state index < -0.39 is 29.6 Å². The number of oxime groups is 1. The molecule has 0 bridgehead atoms. The third kappa shape index (κ3) is 5.98. The summed E-state index contributed by atoms with van der Waals surface area (Å²) in [5.74, 6) is -0.327. The molecule has 1 aliphatic rings. The molecule has 3 aromatic rings. The molecule has 4 rings (SSSR count). The first-order chi connectivity index (χ1) is 16.7. The Balaban J connectivity index is 1.51. The van der Waals surface area contributed by atoms with Gasteiger partial charge in [0.15, 0.2) is 6.10 Å². The molecule has 0 saturated heterocycles. The summed E-state index contributed by atoms with van der Waals surface area (Å²) in [6.45, 7) is 0.130. The fourth-order valence-corrected chi connectivity index (χ4v) is 3.77. The molecule has 0 aliphatic carbocycles. The van der Waals surface area contributed by atoms with E-state index in [1.807, 2.05) is 12.1 Å². The minimum Gasteiger partial charge on any atom is -0.497 e. The van der Waals surface area contributed by atoms with Gasteiger partial charge in [0.25, 0.3) is 5.91 Å². The van der Waals surface area contributed by atoms with E-state index in [9.17, 15) is 22.4 Å². The second-order valence-electron chi connectivity index (χ2n) is 8.09. The quantitative estimate of drug-likeness (QED) is 0.404. The second-order valence-corrected chi connectivity index (χ2v) is 8.09. The van der Waals surface area contributed by atoms with Crippen LogP contribution in [0.15, 0.2) is 78.0 Å². The molecule has 0 saturated carbocycles. The van der Waals surface area contributed by atoms with Crippen LogP contribution >= 0.6 is 0 Å². The van der Waals surface area contributed by atoms with Crippen LogP contribution in [0.4, 0.5) is 17.6 Å². The van der Waals surface area contributed by atoms with Crippen LogP contribution in [-0.4, -0.2) is 36.3 Å². The standard InChI is InChI=1S/C26H22F4N2O3/c1-34-22-11-7-18(8-12-22)24-14-23(35-31-24)16-32(25(33)19-3-2-4-21(27)13-19)15-17-5-9-20(10-6-17)26(28,29)30/h2-13,23H,14-16H2,1H3/t23-/m0/s1. The molecule has 35 heavy (non-hydrogen) atoms. The number of hydrogen-bond donors (Lipinski definition) is 0. The van der Waals surface area contributed by atoms with Crippen molar-refractivity contribution in [1.82, 2.24) is 4.90 Å². The maximum Gasteiger partial charge on any atom is 0.416 e. The van der Waals surface area contributed by atoms with Gasteiger partial charge in [0.1, 0.15) is 11.6 Å². The number of carbonyl (C=O) groups excluding carboxylic acids is 1. The molecule has 0 unspecified atom stereocenters. The Morgan fingerprint density at radius 2 is 1.80 bits per heavy atom. The van der Waals surface area contributed by atoms with Gasteiger partial charge in [-0.05, 0) is 65.7 Å². The molecule has 9 heteroatoms. The largest absolute Gasteiger partial charge is 0.497 e. The molecule has 1 aliphatic heterocycles. The molecule has 182 valence electrons. The number of hydrogen-bond acceptors (Lipinski definition) is 4. The first-order valence-electron chi connectivity index (χ1n) is 10.8. The van der Waals surface area contributed by atoms with Crippen molar-refractivity contribution >= 4 is 11.6 Å². The summed E-state index contributed by atoms with van der Waals surface area (Å²) < 4.78 is 57.7. The summed E-state index contributed by atoms with van der Waals surface area (Å²) in [5.41, 5.74) is 1.40. The van der Waals surface area contributed by atoms with Gasteiger partial charge < -0.3 is 14.5 Å². The Labute approximate surface area is 199 Å². The molecule has 0 N–H and O–H groups in total. The van der Waals surface area contributed by atoms with E-state index in [4.69, 9.17) is 9.57 Å². The highest BCUT2D eigenvalue weighted by molar-refractivity contribution is 6.01. The molecule has 3 aromatic carbocycles. The fourth-order valence-electron chi connectivity index (χ4n) is 3.77. The van der Waals surface area contributed by atoms with E-state index in [1.54, 1.807) is 19.2 Å². The van der Waals surface area contributed by atoms with E-state index >= 15 is 0 Å². The van der Waals surface area contributed by atoms with Gasteiger partial charge in [-0.15, -0.1) is 0 Å². The molecule has 1 atom stereocenters. The van der Waals surface area contributed by atoms with Crippen molar-refractivity contribution in [1.29, 1.82) is 0 Å². The highest BCUT2D eigenvalue weighted by Crippen LogP contribution is 2.29. The maximum atomic E-state index is 13.7. The summed E-state index contributed by atoms with van der Waals surface area (Å²) in [7, 11) is 1.57. The molecular formula is C26H22F4N2O3. The van der Waals surface area contributed by atoms with Gasteiger partial charge in [-0.25, -0.2) is 4.39 Å². The lowest BCUT2D eigenvalue weighted by Gasteiger charge is -2.25. The van der Waals surface area contributed by atoms with Crippen LogP contribution < -0.4 is 4.74 Å². The number of rotatable bonds is 7. The van der Waals surface area contributed by atoms with E-state index in [0.717, 1.165) is 23.8 Å². The number of nitrogens with zero attached hydrogens (tertiary/aromatic N) is 2. The second kappa shape index (κ2) is 10.2. The highest BCUT2D eigenvalue weighted by Gasteiger charge is 2.31. The molecule has 0 spiro atoms. The predicted molar refractivity (Wildman–Crippen MR) is 122 cm³/mol. The Kier molecular flexibility index (Phi) is 7.04. The Morgan fingerprint density at radius 3 is 2.43 bits per heavy atom. The van der Waals surface area contributed by atoms with Crippen LogP contribution in [0.5, 0.6) is 5.75 Å². The minimum absolute atomic E-state index is 0.0191. The number of carbonyl (C=O) groups is 1. The van der Waals surface area contributed by atoms with Crippen molar-refractivity contribution in [2.24, 2.45) is 5.16 Å². The van der Waals surface area contributed by atoms with Crippen LogP contribution in [0, 0.1) is 5.82 Å². The third-order valence-electron chi connectivity index (χ3n) is 5.59. The van der Waals surface area contributed by atoms with Crippen molar-refractivity contribution in [3.05, 3.63) is 101 Å². The fraction of sp³-hybridized carbons (Fsp3) is 0.231. The monoisotopic (exact) mass is 486 g/mol. The lowest BCUT2D eigenvalue weighted by Crippen LogP contribution is -2.37. The minimum atomic E-state index is -4.46. The maximum absolute atomic E-state index is 13.7. The van der Waals surface area contributed by atoms with Crippen molar-refractivity contribution in [2.45, 2.75) is 25.2 Å². The molecule has 0 aromatic heterocycles. The Bertz CT molecular complexity index is 1210. The highest BCUT2D eigenvalue weighted by atomic mass is 19.4. The van der Waals surface area contributed by atoms with Crippen LogP contribution in [-0.2, 0) is 17.6 Å². The molecular weight excluding hydrogens is 464 g/mol. The summed E-state index contributed by atoms with van der Waals surface area (Å²) >= 11 is 0. The van der Waals surface area contributed by atoms with E-state index in [2.05, 4.69) is 5.16 Å². The zero-order valence-electron chi connectivity index (χ0n) is 18.8. The molecule has 5 nitrogen and oxygen atoms in total. The van der Waals surface area contributed by atoms with Crippen LogP contribution in [0.1, 0.15) is 33.5 Å². The van der Waals surface area contributed by atoms with E-state index in [0.29, 0.717) is 23.4 Å². The molecule has 0 radical (unpaired) electrons. The van der Waals surface area contributed by atoms with Crippen molar-refractivity contribution in [2.75, 3.05) is 13.7 Å². The average Bonchev–Trinajstić information content (AvgIpc) is 3.31.